The van der Waals surface area contributed by atoms with Gasteiger partial charge in [0.25, 0.3) is 0 Å². The Labute approximate surface area is 128 Å². The average molecular weight is 313 g/mol. The van der Waals surface area contributed by atoms with Gasteiger partial charge in [-0.2, -0.15) is 0 Å². The molecule has 0 bridgehead atoms. The van der Waals surface area contributed by atoms with E-state index in [2.05, 4.69) is 21.9 Å². The van der Waals surface area contributed by atoms with E-state index in [0.29, 0.717) is 18.0 Å². The predicted molar refractivity (Wildman–Crippen MR) is 86.9 cm³/mol. The number of rotatable bonds is 9. The van der Waals surface area contributed by atoms with E-state index in [1.54, 1.807) is 18.2 Å². The SMILES string of the molecule is CCC(NC)c1cccc(S(=O)(=O)NCCN(C)CC)c1. The third-order valence-corrected chi connectivity index (χ3v) is 5.11. The molecular formula is C15H27N3O2S. The highest BCUT2D eigenvalue weighted by Crippen LogP contribution is 2.19. The van der Waals surface area contributed by atoms with Crippen LogP contribution in [0.5, 0.6) is 0 Å². The van der Waals surface area contributed by atoms with Gasteiger partial charge >= 0.3 is 0 Å². The molecule has 1 rings (SSSR count). The zero-order valence-electron chi connectivity index (χ0n) is 13.4. The summed E-state index contributed by atoms with van der Waals surface area (Å²) in [4.78, 5) is 2.39. The van der Waals surface area contributed by atoms with Crippen LogP contribution in [0, 0.1) is 0 Å². The summed E-state index contributed by atoms with van der Waals surface area (Å²) in [5.41, 5.74) is 0.994. The van der Waals surface area contributed by atoms with Crippen molar-refractivity contribution in [2.24, 2.45) is 0 Å². The maximum Gasteiger partial charge on any atom is 0.240 e. The first-order valence-electron chi connectivity index (χ1n) is 7.40. The predicted octanol–water partition coefficient (Wildman–Crippen LogP) is 1.59. The maximum absolute atomic E-state index is 12.3. The normalized spacial score (nSPS) is 13.6. The van der Waals surface area contributed by atoms with Gasteiger partial charge in [0.2, 0.25) is 10.0 Å². The van der Waals surface area contributed by atoms with E-state index >= 15 is 0 Å². The van der Waals surface area contributed by atoms with Gasteiger partial charge in [-0.25, -0.2) is 13.1 Å². The molecule has 21 heavy (non-hydrogen) atoms. The Morgan fingerprint density at radius 1 is 1.29 bits per heavy atom. The van der Waals surface area contributed by atoms with Crippen molar-refractivity contribution in [1.29, 1.82) is 0 Å². The minimum absolute atomic E-state index is 0.173. The smallest absolute Gasteiger partial charge is 0.240 e. The molecule has 0 heterocycles. The molecule has 120 valence electrons. The van der Waals surface area contributed by atoms with Gasteiger partial charge in [-0.1, -0.05) is 26.0 Å². The molecule has 0 aliphatic rings. The number of likely N-dealkylation sites (N-methyl/N-ethyl adjacent to an activating group) is 1. The lowest BCUT2D eigenvalue weighted by Gasteiger charge is -2.16. The largest absolute Gasteiger partial charge is 0.313 e. The second-order valence-electron chi connectivity index (χ2n) is 5.12. The van der Waals surface area contributed by atoms with Crippen LogP contribution in [0.3, 0.4) is 0 Å². The molecule has 0 aliphatic heterocycles. The van der Waals surface area contributed by atoms with Crippen LogP contribution >= 0.6 is 0 Å². The van der Waals surface area contributed by atoms with Gasteiger partial charge in [0.05, 0.1) is 4.90 Å². The maximum atomic E-state index is 12.3. The van der Waals surface area contributed by atoms with Crippen molar-refractivity contribution in [2.45, 2.75) is 31.2 Å². The monoisotopic (exact) mass is 313 g/mol. The molecule has 2 N–H and O–H groups in total. The standard InChI is InChI=1S/C15H27N3O2S/c1-5-15(16-3)13-8-7-9-14(12-13)21(19,20)17-10-11-18(4)6-2/h7-9,12,15-17H,5-6,10-11H2,1-4H3. The summed E-state index contributed by atoms with van der Waals surface area (Å²) >= 11 is 0. The summed E-state index contributed by atoms with van der Waals surface area (Å²) < 4.78 is 27.3. The van der Waals surface area contributed by atoms with Gasteiger partial charge in [0.1, 0.15) is 0 Å². The highest BCUT2D eigenvalue weighted by Gasteiger charge is 2.16. The van der Waals surface area contributed by atoms with Crippen molar-refractivity contribution < 1.29 is 8.42 Å². The number of sulfonamides is 1. The summed E-state index contributed by atoms with van der Waals surface area (Å²) in [5.74, 6) is 0. The van der Waals surface area contributed by atoms with E-state index in [1.807, 2.05) is 27.1 Å². The highest BCUT2D eigenvalue weighted by molar-refractivity contribution is 7.89. The highest BCUT2D eigenvalue weighted by atomic mass is 32.2. The van der Waals surface area contributed by atoms with E-state index in [-0.39, 0.29) is 6.04 Å². The quantitative estimate of drug-likeness (QED) is 0.727. The first-order valence-corrected chi connectivity index (χ1v) is 8.88. The Kier molecular flexibility index (Phi) is 7.31. The van der Waals surface area contributed by atoms with Gasteiger partial charge in [-0.15, -0.1) is 0 Å². The van der Waals surface area contributed by atoms with Crippen molar-refractivity contribution in [2.75, 3.05) is 33.7 Å². The first-order chi connectivity index (χ1) is 9.94. The number of hydrogen-bond acceptors (Lipinski definition) is 4. The molecule has 0 aromatic heterocycles. The minimum Gasteiger partial charge on any atom is -0.313 e. The second-order valence-corrected chi connectivity index (χ2v) is 6.88. The Hall–Kier alpha value is -0.950. The van der Waals surface area contributed by atoms with Crippen molar-refractivity contribution in [3.63, 3.8) is 0 Å². The minimum atomic E-state index is -3.44. The Balaban J connectivity index is 2.81. The van der Waals surface area contributed by atoms with Crippen LogP contribution in [0.25, 0.3) is 0 Å². The van der Waals surface area contributed by atoms with Crippen LogP contribution in [0.4, 0.5) is 0 Å². The molecule has 1 unspecified atom stereocenters. The molecule has 1 atom stereocenters. The van der Waals surface area contributed by atoms with Crippen LogP contribution in [-0.2, 0) is 10.0 Å². The summed E-state index contributed by atoms with van der Waals surface area (Å²) in [7, 11) is 0.408. The summed E-state index contributed by atoms with van der Waals surface area (Å²) in [6.07, 6.45) is 0.911. The molecule has 1 aromatic carbocycles. The van der Waals surface area contributed by atoms with Crippen molar-refractivity contribution in [3.8, 4) is 0 Å². The number of hydrogen-bond donors (Lipinski definition) is 2. The Morgan fingerprint density at radius 2 is 2.00 bits per heavy atom. The van der Waals surface area contributed by atoms with Crippen LogP contribution in [0.2, 0.25) is 0 Å². The summed E-state index contributed by atoms with van der Waals surface area (Å²) in [5, 5.41) is 3.19. The molecule has 0 amide bonds. The molecule has 0 saturated carbocycles. The van der Waals surface area contributed by atoms with Gasteiger partial charge in [0, 0.05) is 19.1 Å². The van der Waals surface area contributed by atoms with E-state index in [9.17, 15) is 8.42 Å². The third-order valence-electron chi connectivity index (χ3n) is 3.65. The second kappa shape index (κ2) is 8.48. The molecule has 0 saturated heterocycles. The fourth-order valence-electron chi connectivity index (χ4n) is 2.12. The molecule has 6 heteroatoms. The molecule has 1 aromatic rings. The topological polar surface area (TPSA) is 61.4 Å². The molecule has 0 spiro atoms. The fraction of sp³-hybridized carbons (Fsp3) is 0.600. The summed E-state index contributed by atoms with van der Waals surface area (Å²) in [6.45, 7) is 6.13. The van der Waals surface area contributed by atoms with Crippen LogP contribution in [0.1, 0.15) is 31.9 Å². The van der Waals surface area contributed by atoms with E-state index < -0.39 is 10.0 Å². The van der Waals surface area contributed by atoms with Crippen molar-refractivity contribution in [1.82, 2.24) is 14.9 Å². The van der Waals surface area contributed by atoms with Crippen molar-refractivity contribution in [3.05, 3.63) is 29.8 Å². The molecule has 0 radical (unpaired) electrons. The summed E-state index contributed by atoms with van der Waals surface area (Å²) in [6, 6.07) is 7.30. The van der Waals surface area contributed by atoms with Gasteiger partial charge in [-0.05, 0) is 44.8 Å². The molecular weight excluding hydrogens is 286 g/mol. The van der Waals surface area contributed by atoms with Crippen molar-refractivity contribution >= 4 is 10.0 Å². The third kappa shape index (κ3) is 5.39. The first kappa shape index (κ1) is 18.1. The average Bonchev–Trinajstić information content (AvgIpc) is 2.48. The Morgan fingerprint density at radius 3 is 2.57 bits per heavy atom. The lowest BCUT2D eigenvalue weighted by Crippen LogP contribution is -2.33. The van der Waals surface area contributed by atoms with E-state index in [1.165, 1.54) is 0 Å². The molecule has 0 aliphatic carbocycles. The zero-order chi connectivity index (χ0) is 15.9. The van der Waals surface area contributed by atoms with E-state index in [0.717, 1.165) is 18.5 Å². The zero-order valence-corrected chi connectivity index (χ0v) is 14.2. The lowest BCUT2D eigenvalue weighted by atomic mass is 10.1. The van der Waals surface area contributed by atoms with Crippen LogP contribution < -0.4 is 10.0 Å². The molecule has 5 nitrogen and oxygen atoms in total. The van der Waals surface area contributed by atoms with Gasteiger partial charge in [-0.3, -0.25) is 0 Å². The number of nitrogens with one attached hydrogen (secondary N) is 2. The number of nitrogens with zero attached hydrogens (tertiary/aromatic N) is 1. The number of benzene rings is 1. The Bertz CT molecular complexity index is 527. The van der Waals surface area contributed by atoms with Gasteiger partial charge in [0.15, 0.2) is 0 Å². The fourth-order valence-corrected chi connectivity index (χ4v) is 3.19. The van der Waals surface area contributed by atoms with Crippen LogP contribution in [0.15, 0.2) is 29.2 Å². The van der Waals surface area contributed by atoms with E-state index in [4.69, 9.17) is 0 Å². The lowest BCUT2D eigenvalue weighted by molar-refractivity contribution is 0.358. The van der Waals surface area contributed by atoms with Crippen LogP contribution in [-0.4, -0.2) is 47.0 Å². The van der Waals surface area contributed by atoms with Gasteiger partial charge < -0.3 is 10.2 Å². The molecule has 0 fully saturated rings.